The fourth-order valence-corrected chi connectivity index (χ4v) is 1.28. The summed E-state index contributed by atoms with van der Waals surface area (Å²) in [6, 6.07) is 7.44. The molecular formula is C10H12N2OS. The highest BCUT2D eigenvalue weighted by atomic mass is 32.1. The fourth-order valence-electron chi connectivity index (χ4n) is 1.11. The molecule has 0 radical (unpaired) electrons. The zero-order chi connectivity index (χ0) is 10.6. The second-order valence-corrected chi connectivity index (χ2v) is 3.55. The van der Waals surface area contributed by atoms with Gasteiger partial charge in [0.15, 0.2) is 0 Å². The molecule has 0 aliphatic rings. The molecule has 14 heavy (non-hydrogen) atoms. The van der Waals surface area contributed by atoms with E-state index in [0.29, 0.717) is 11.4 Å². The van der Waals surface area contributed by atoms with Gasteiger partial charge in [0.25, 0.3) is 0 Å². The number of hydrogen-bond donors (Lipinski definition) is 2. The lowest BCUT2D eigenvalue weighted by molar-refractivity contribution is -0.114. The van der Waals surface area contributed by atoms with Crippen LogP contribution in [0.5, 0.6) is 0 Å². The second-order valence-electron chi connectivity index (χ2n) is 3.02. The van der Waals surface area contributed by atoms with Crippen LogP contribution in [0.2, 0.25) is 0 Å². The maximum absolute atomic E-state index is 10.7. The summed E-state index contributed by atoms with van der Waals surface area (Å²) in [5.74, 6) is -0.0768. The Morgan fingerprint density at radius 1 is 1.43 bits per heavy atom. The Hall–Kier alpha value is -1.42. The van der Waals surface area contributed by atoms with Gasteiger partial charge in [0, 0.05) is 19.0 Å². The van der Waals surface area contributed by atoms with E-state index in [4.69, 9.17) is 18.0 Å². The number of thiocarbonyl (C=S) groups is 1. The maximum atomic E-state index is 10.7. The van der Waals surface area contributed by atoms with Gasteiger partial charge in [0.1, 0.15) is 0 Å². The molecule has 1 rings (SSSR count). The molecule has 0 spiro atoms. The van der Waals surface area contributed by atoms with E-state index in [0.717, 1.165) is 11.3 Å². The molecule has 1 aromatic rings. The minimum absolute atomic E-state index is 0.0768. The van der Waals surface area contributed by atoms with Crippen LogP contribution in [-0.2, 0) is 11.2 Å². The molecule has 4 heteroatoms. The Morgan fingerprint density at radius 2 is 2.00 bits per heavy atom. The lowest BCUT2D eigenvalue weighted by atomic mass is 10.1. The van der Waals surface area contributed by atoms with Crippen LogP contribution in [0, 0.1) is 0 Å². The highest BCUT2D eigenvalue weighted by Crippen LogP contribution is 2.09. The third-order valence-corrected chi connectivity index (χ3v) is 1.80. The van der Waals surface area contributed by atoms with E-state index in [1.165, 1.54) is 6.92 Å². The van der Waals surface area contributed by atoms with Gasteiger partial charge in [-0.05, 0) is 17.7 Å². The molecular weight excluding hydrogens is 196 g/mol. The van der Waals surface area contributed by atoms with Crippen LogP contribution < -0.4 is 11.1 Å². The third-order valence-electron chi connectivity index (χ3n) is 1.65. The topological polar surface area (TPSA) is 55.1 Å². The van der Waals surface area contributed by atoms with Crippen molar-refractivity contribution in [3.63, 3.8) is 0 Å². The minimum atomic E-state index is -0.0768. The lowest BCUT2D eigenvalue weighted by Crippen LogP contribution is -2.11. The number of amides is 1. The molecule has 1 aromatic carbocycles. The molecule has 0 bridgehead atoms. The molecule has 0 heterocycles. The first-order valence-corrected chi connectivity index (χ1v) is 4.63. The molecule has 3 N–H and O–H groups in total. The predicted molar refractivity (Wildman–Crippen MR) is 61.2 cm³/mol. The number of carbonyl (C=O) groups is 1. The van der Waals surface area contributed by atoms with Crippen LogP contribution in [-0.4, -0.2) is 10.9 Å². The Labute approximate surface area is 88.3 Å². The summed E-state index contributed by atoms with van der Waals surface area (Å²) < 4.78 is 0. The minimum Gasteiger partial charge on any atom is -0.393 e. The quantitative estimate of drug-likeness (QED) is 0.740. The number of nitrogens with two attached hydrogens (primary N) is 1. The summed E-state index contributed by atoms with van der Waals surface area (Å²) in [6.07, 6.45) is 0.593. The molecule has 0 atom stereocenters. The molecule has 1 amide bonds. The first kappa shape index (κ1) is 10.7. The SMILES string of the molecule is CC(=O)Nc1ccc(CC(N)=S)cc1. The van der Waals surface area contributed by atoms with E-state index in [1.807, 2.05) is 24.3 Å². The van der Waals surface area contributed by atoms with E-state index in [9.17, 15) is 4.79 Å². The Morgan fingerprint density at radius 3 is 2.43 bits per heavy atom. The number of hydrogen-bond acceptors (Lipinski definition) is 2. The first-order valence-electron chi connectivity index (χ1n) is 4.23. The second kappa shape index (κ2) is 4.72. The van der Waals surface area contributed by atoms with E-state index in [1.54, 1.807) is 0 Å². The molecule has 0 saturated heterocycles. The normalized spacial score (nSPS) is 9.50. The standard InChI is InChI=1S/C10H12N2OS/c1-7(13)12-9-4-2-8(3-5-9)6-10(11)14/h2-5H,6H2,1H3,(H2,11,14)(H,12,13). The largest absolute Gasteiger partial charge is 0.393 e. The van der Waals surface area contributed by atoms with E-state index in [-0.39, 0.29) is 5.91 Å². The zero-order valence-corrected chi connectivity index (χ0v) is 8.73. The average molecular weight is 208 g/mol. The van der Waals surface area contributed by atoms with Crippen molar-refractivity contribution in [3.8, 4) is 0 Å². The molecule has 0 aliphatic heterocycles. The number of nitrogens with one attached hydrogen (secondary N) is 1. The van der Waals surface area contributed by atoms with Crippen LogP contribution in [0.3, 0.4) is 0 Å². The average Bonchev–Trinajstić information content (AvgIpc) is 2.06. The van der Waals surface area contributed by atoms with Gasteiger partial charge < -0.3 is 11.1 Å². The van der Waals surface area contributed by atoms with Gasteiger partial charge in [-0.1, -0.05) is 24.4 Å². The van der Waals surface area contributed by atoms with Crippen molar-refractivity contribution in [1.82, 2.24) is 0 Å². The Balaban J connectivity index is 2.68. The molecule has 0 unspecified atom stereocenters. The smallest absolute Gasteiger partial charge is 0.221 e. The van der Waals surface area contributed by atoms with Crippen LogP contribution in [0.4, 0.5) is 5.69 Å². The van der Waals surface area contributed by atoms with Crippen molar-refractivity contribution in [1.29, 1.82) is 0 Å². The van der Waals surface area contributed by atoms with E-state index in [2.05, 4.69) is 5.32 Å². The van der Waals surface area contributed by atoms with Crippen molar-refractivity contribution in [2.24, 2.45) is 5.73 Å². The predicted octanol–water partition coefficient (Wildman–Crippen LogP) is 1.47. The molecule has 0 saturated carbocycles. The Kier molecular flexibility index (Phi) is 3.59. The summed E-state index contributed by atoms with van der Waals surface area (Å²) in [6.45, 7) is 1.48. The van der Waals surface area contributed by atoms with Crippen molar-refractivity contribution < 1.29 is 4.79 Å². The lowest BCUT2D eigenvalue weighted by Gasteiger charge is -2.03. The summed E-state index contributed by atoms with van der Waals surface area (Å²) in [5, 5.41) is 2.68. The molecule has 0 aliphatic carbocycles. The van der Waals surface area contributed by atoms with Gasteiger partial charge in [0.2, 0.25) is 5.91 Å². The van der Waals surface area contributed by atoms with E-state index >= 15 is 0 Å². The van der Waals surface area contributed by atoms with Gasteiger partial charge in [-0.3, -0.25) is 4.79 Å². The number of carbonyl (C=O) groups excluding carboxylic acids is 1. The molecule has 0 aromatic heterocycles. The van der Waals surface area contributed by atoms with Gasteiger partial charge in [-0.25, -0.2) is 0 Å². The van der Waals surface area contributed by atoms with Crippen LogP contribution >= 0.6 is 12.2 Å². The van der Waals surface area contributed by atoms with Gasteiger partial charge in [-0.2, -0.15) is 0 Å². The summed E-state index contributed by atoms with van der Waals surface area (Å²) in [5.41, 5.74) is 7.23. The Bertz CT molecular complexity index is 311. The maximum Gasteiger partial charge on any atom is 0.221 e. The monoisotopic (exact) mass is 208 g/mol. The molecule has 74 valence electrons. The number of rotatable bonds is 3. The van der Waals surface area contributed by atoms with Gasteiger partial charge in [0.05, 0.1) is 4.99 Å². The van der Waals surface area contributed by atoms with Crippen molar-refractivity contribution in [2.75, 3.05) is 5.32 Å². The number of benzene rings is 1. The summed E-state index contributed by atoms with van der Waals surface area (Å²) >= 11 is 4.79. The molecule has 3 nitrogen and oxygen atoms in total. The third kappa shape index (κ3) is 3.53. The zero-order valence-electron chi connectivity index (χ0n) is 7.91. The first-order chi connectivity index (χ1) is 6.58. The van der Waals surface area contributed by atoms with Crippen molar-refractivity contribution >= 4 is 28.8 Å². The van der Waals surface area contributed by atoms with Crippen LogP contribution in [0.1, 0.15) is 12.5 Å². The fraction of sp³-hybridized carbons (Fsp3) is 0.200. The van der Waals surface area contributed by atoms with Crippen LogP contribution in [0.15, 0.2) is 24.3 Å². The molecule has 0 fully saturated rings. The van der Waals surface area contributed by atoms with Crippen molar-refractivity contribution in [3.05, 3.63) is 29.8 Å². The summed E-state index contributed by atoms with van der Waals surface area (Å²) in [4.78, 5) is 11.2. The highest BCUT2D eigenvalue weighted by molar-refractivity contribution is 7.80. The van der Waals surface area contributed by atoms with Crippen LogP contribution in [0.25, 0.3) is 0 Å². The highest BCUT2D eigenvalue weighted by Gasteiger charge is 1.97. The van der Waals surface area contributed by atoms with Crippen molar-refractivity contribution in [2.45, 2.75) is 13.3 Å². The van der Waals surface area contributed by atoms with E-state index < -0.39 is 0 Å². The number of anilines is 1. The van der Waals surface area contributed by atoms with Gasteiger partial charge >= 0.3 is 0 Å². The summed E-state index contributed by atoms with van der Waals surface area (Å²) in [7, 11) is 0. The van der Waals surface area contributed by atoms with Gasteiger partial charge in [-0.15, -0.1) is 0 Å².